The highest BCUT2D eigenvalue weighted by Crippen LogP contribution is 2.22. The van der Waals surface area contributed by atoms with Gasteiger partial charge in [0.25, 0.3) is 0 Å². The number of hydrogen-bond acceptors (Lipinski definition) is 3. The number of benzene rings is 2. The van der Waals surface area contributed by atoms with E-state index in [9.17, 15) is 0 Å². The fourth-order valence-electron chi connectivity index (χ4n) is 2.30. The molecule has 0 N–H and O–H groups in total. The molecule has 3 aromatic rings. The van der Waals surface area contributed by atoms with Gasteiger partial charge in [-0.2, -0.15) is 0 Å². The third kappa shape index (κ3) is 3.63. The van der Waals surface area contributed by atoms with E-state index >= 15 is 0 Å². The zero-order chi connectivity index (χ0) is 16.2. The third-order valence-electron chi connectivity index (χ3n) is 3.65. The minimum Gasteiger partial charge on any atom is -0.445 e. The Balaban J connectivity index is 1.89. The Hall–Kier alpha value is -2.52. The van der Waals surface area contributed by atoms with Gasteiger partial charge in [-0.1, -0.05) is 48.0 Å². The first-order valence-corrected chi connectivity index (χ1v) is 7.85. The first-order valence-electron chi connectivity index (χ1n) is 7.44. The first-order chi connectivity index (χ1) is 11.1. The van der Waals surface area contributed by atoms with Gasteiger partial charge in [-0.15, -0.1) is 0 Å². The number of rotatable bonds is 3. The minimum absolute atomic E-state index is 0.441. The first kappa shape index (κ1) is 15.4. The van der Waals surface area contributed by atoms with E-state index in [0.717, 1.165) is 28.1 Å². The summed E-state index contributed by atoms with van der Waals surface area (Å²) in [6.07, 6.45) is 1.86. The molecule has 0 bridgehead atoms. The summed E-state index contributed by atoms with van der Waals surface area (Å²) in [7, 11) is 0. The Morgan fingerprint density at radius 3 is 2.30 bits per heavy atom. The molecule has 3 rings (SSSR count). The van der Waals surface area contributed by atoms with E-state index in [2.05, 4.69) is 17.1 Å². The summed E-state index contributed by atoms with van der Waals surface area (Å²) < 4.78 is 5.82. The molecule has 1 heterocycles. The lowest BCUT2D eigenvalue weighted by Crippen LogP contribution is -2.10. The van der Waals surface area contributed by atoms with Crippen LogP contribution in [0, 0.1) is 13.8 Å². The van der Waals surface area contributed by atoms with Gasteiger partial charge >= 0.3 is 0 Å². The maximum absolute atomic E-state index is 5.82. The van der Waals surface area contributed by atoms with Crippen LogP contribution >= 0.6 is 12.2 Å². The second-order valence-electron chi connectivity index (χ2n) is 5.43. The lowest BCUT2D eigenvalue weighted by Gasteiger charge is -2.11. The van der Waals surface area contributed by atoms with Crippen molar-refractivity contribution < 1.29 is 4.74 Å². The van der Waals surface area contributed by atoms with Crippen LogP contribution in [0.3, 0.4) is 0 Å². The van der Waals surface area contributed by atoms with Crippen LogP contribution in [0.2, 0.25) is 0 Å². The Labute approximate surface area is 141 Å². The van der Waals surface area contributed by atoms with Crippen molar-refractivity contribution in [3.63, 3.8) is 0 Å². The Kier molecular flexibility index (Phi) is 4.49. The largest absolute Gasteiger partial charge is 0.445 e. The van der Waals surface area contributed by atoms with Crippen molar-refractivity contribution in [2.45, 2.75) is 13.8 Å². The monoisotopic (exact) mass is 319 g/mol. The highest BCUT2D eigenvalue weighted by molar-refractivity contribution is 7.80. The number of ether oxygens (including phenoxy) is 1. The van der Waals surface area contributed by atoms with Crippen molar-refractivity contribution in [3.8, 4) is 16.9 Å². The third-order valence-corrected chi connectivity index (χ3v) is 3.95. The number of aromatic nitrogens is 1. The molecular weight excluding hydrogens is 302 g/mol. The quantitative estimate of drug-likeness (QED) is 0.626. The summed E-state index contributed by atoms with van der Waals surface area (Å²) in [6, 6.07) is 20.0. The second-order valence-corrected chi connectivity index (χ2v) is 5.80. The van der Waals surface area contributed by atoms with Gasteiger partial charge in [0.1, 0.15) is 5.75 Å². The molecule has 114 valence electrons. The van der Waals surface area contributed by atoms with Crippen molar-refractivity contribution in [3.05, 3.63) is 83.7 Å². The smallest absolute Gasteiger partial charge is 0.199 e. The van der Waals surface area contributed by atoms with Gasteiger partial charge in [-0.25, -0.2) is 0 Å². The molecule has 2 aromatic carbocycles. The van der Waals surface area contributed by atoms with Gasteiger partial charge in [0.15, 0.2) is 5.05 Å². The predicted octanol–water partition coefficient (Wildman–Crippen LogP) is 5.12. The second kappa shape index (κ2) is 6.71. The summed E-state index contributed by atoms with van der Waals surface area (Å²) in [6.45, 7) is 3.98. The zero-order valence-corrected chi connectivity index (χ0v) is 13.9. The molecule has 1 aromatic heterocycles. The number of aryl methyl sites for hydroxylation is 2. The average Bonchev–Trinajstić information content (AvgIpc) is 2.58. The van der Waals surface area contributed by atoms with Gasteiger partial charge in [-0.05, 0) is 49.8 Å². The summed E-state index contributed by atoms with van der Waals surface area (Å²) in [4.78, 5) is 4.46. The van der Waals surface area contributed by atoms with E-state index in [1.54, 1.807) is 0 Å². The van der Waals surface area contributed by atoms with Crippen LogP contribution in [-0.4, -0.2) is 10.0 Å². The van der Waals surface area contributed by atoms with Gasteiger partial charge in [0.2, 0.25) is 0 Å². The molecule has 0 atom stereocenters. The van der Waals surface area contributed by atoms with Crippen LogP contribution in [0.15, 0.2) is 66.9 Å². The Bertz CT molecular complexity index is 826. The van der Waals surface area contributed by atoms with Crippen molar-refractivity contribution in [1.29, 1.82) is 0 Å². The van der Waals surface area contributed by atoms with Gasteiger partial charge in [-0.3, -0.25) is 4.98 Å². The maximum Gasteiger partial charge on any atom is 0.199 e. The molecule has 0 spiro atoms. The molecule has 0 radical (unpaired) electrons. The van der Waals surface area contributed by atoms with Crippen LogP contribution in [0.5, 0.6) is 5.75 Å². The van der Waals surface area contributed by atoms with Crippen LogP contribution < -0.4 is 4.74 Å². The molecule has 0 unspecified atom stereocenters. The number of pyridine rings is 1. The van der Waals surface area contributed by atoms with E-state index in [0.29, 0.717) is 5.05 Å². The number of nitrogens with zero attached hydrogens (tertiary/aromatic N) is 1. The lowest BCUT2D eigenvalue weighted by molar-refractivity contribution is 0.565. The summed E-state index contributed by atoms with van der Waals surface area (Å²) in [5.74, 6) is 0.741. The molecule has 0 aliphatic heterocycles. The standard InChI is InChI=1S/C20H17NOS/c1-14-8-10-18(11-9-14)22-20(23)19-12-17(13-21-15(19)2)16-6-4-3-5-7-16/h3-13H,1-2H3. The van der Waals surface area contributed by atoms with Crippen LogP contribution in [0.4, 0.5) is 0 Å². The van der Waals surface area contributed by atoms with E-state index in [4.69, 9.17) is 17.0 Å². The van der Waals surface area contributed by atoms with Crippen LogP contribution in [0.1, 0.15) is 16.8 Å². The van der Waals surface area contributed by atoms with Crippen molar-refractivity contribution in [2.24, 2.45) is 0 Å². The number of thiocarbonyl (C=S) groups is 1. The molecule has 0 fully saturated rings. The average molecular weight is 319 g/mol. The van der Waals surface area contributed by atoms with E-state index in [-0.39, 0.29) is 0 Å². The van der Waals surface area contributed by atoms with Crippen LogP contribution in [-0.2, 0) is 0 Å². The van der Waals surface area contributed by atoms with Crippen LogP contribution in [0.25, 0.3) is 11.1 Å². The van der Waals surface area contributed by atoms with Gasteiger partial charge in [0.05, 0.1) is 5.56 Å². The van der Waals surface area contributed by atoms with Crippen molar-refractivity contribution >= 4 is 17.3 Å². The summed E-state index contributed by atoms with van der Waals surface area (Å²) in [5.41, 5.74) is 5.04. The van der Waals surface area contributed by atoms with E-state index in [1.165, 1.54) is 5.56 Å². The Morgan fingerprint density at radius 1 is 0.913 bits per heavy atom. The zero-order valence-electron chi connectivity index (χ0n) is 13.1. The van der Waals surface area contributed by atoms with Gasteiger partial charge in [0, 0.05) is 17.5 Å². The highest BCUT2D eigenvalue weighted by atomic mass is 32.1. The molecule has 0 amide bonds. The van der Waals surface area contributed by atoms with Gasteiger partial charge < -0.3 is 4.74 Å². The van der Waals surface area contributed by atoms with E-state index in [1.807, 2.05) is 68.6 Å². The van der Waals surface area contributed by atoms with E-state index < -0.39 is 0 Å². The lowest BCUT2D eigenvalue weighted by atomic mass is 10.0. The minimum atomic E-state index is 0.441. The molecule has 0 saturated carbocycles. The summed E-state index contributed by atoms with van der Waals surface area (Å²) in [5, 5.41) is 0.441. The molecule has 0 aliphatic rings. The molecule has 23 heavy (non-hydrogen) atoms. The molecule has 0 saturated heterocycles. The van der Waals surface area contributed by atoms with Crippen molar-refractivity contribution in [2.75, 3.05) is 0 Å². The molecule has 3 heteroatoms. The fraction of sp³-hybridized carbons (Fsp3) is 0.100. The number of hydrogen-bond donors (Lipinski definition) is 0. The summed E-state index contributed by atoms with van der Waals surface area (Å²) >= 11 is 5.47. The normalized spacial score (nSPS) is 10.3. The Morgan fingerprint density at radius 2 is 1.61 bits per heavy atom. The highest BCUT2D eigenvalue weighted by Gasteiger charge is 2.11. The maximum atomic E-state index is 5.82. The fourth-order valence-corrected chi connectivity index (χ4v) is 2.60. The molecule has 2 nitrogen and oxygen atoms in total. The topological polar surface area (TPSA) is 22.1 Å². The predicted molar refractivity (Wildman–Crippen MR) is 97.9 cm³/mol. The van der Waals surface area contributed by atoms with Crippen molar-refractivity contribution in [1.82, 2.24) is 4.98 Å². The SMILES string of the molecule is Cc1ccc(OC(=S)c2cc(-c3ccccc3)cnc2C)cc1. The molecular formula is C20H17NOS. The molecule has 0 aliphatic carbocycles.